The maximum absolute atomic E-state index is 5.88. The fourth-order valence-electron chi connectivity index (χ4n) is 1.47. The van der Waals surface area contributed by atoms with Crippen molar-refractivity contribution in [2.75, 3.05) is 13.7 Å². The largest absolute Gasteiger partial charge is 0.383 e. The fraction of sp³-hybridized carbons (Fsp3) is 0.800. The van der Waals surface area contributed by atoms with E-state index >= 15 is 0 Å². The van der Waals surface area contributed by atoms with E-state index in [1.54, 1.807) is 7.11 Å². The molecular weight excluding hydrogens is 192 g/mol. The van der Waals surface area contributed by atoms with Gasteiger partial charge in [-0.05, 0) is 0 Å². The molecule has 0 spiro atoms. The number of methoxy groups -OCH3 is 1. The summed E-state index contributed by atoms with van der Waals surface area (Å²) in [6, 6.07) is -0.0216. The van der Waals surface area contributed by atoms with Crippen LogP contribution in [0, 0.1) is 0 Å². The van der Waals surface area contributed by atoms with Gasteiger partial charge in [-0.1, -0.05) is 13.8 Å². The van der Waals surface area contributed by atoms with Crippen molar-refractivity contribution >= 4 is 0 Å². The second kappa shape index (κ2) is 5.82. The first-order valence-electron chi connectivity index (χ1n) is 5.38. The summed E-state index contributed by atoms with van der Waals surface area (Å²) >= 11 is 0. The Bertz CT molecular complexity index is 298. The van der Waals surface area contributed by atoms with Crippen molar-refractivity contribution in [2.45, 2.75) is 39.3 Å². The lowest BCUT2D eigenvalue weighted by Gasteiger charge is -2.11. The Morgan fingerprint density at radius 2 is 2.13 bits per heavy atom. The maximum atomic E-state index is 5.88. The van der Waals surface area contributed by atoms with Gasteiger partial charge in [0.25, 0.3) is 0 Å². The first-order valence-corrected chi connectivity index (χ1v) is 5.38. The third kappa shape index (κ3) is 3.28. The van der Waals surface area contributed by atoms with E-state index in [0.29, 0.717) is 13.2 Å². The normalized spacial score (nSPS) is 13.1. The summed E-state index contributed by atoms with van der Waals surface area (Å²) in [5.41, 5.74) is 5.88. The van der Waals surface area contributed by atoms with E-state index in [9.17, 15) is 0 Å². The van der Waals surface area contributed by atoms with Gasteiger partial charge in [0.05, 0.1) is 13.2 Å². The van der Waals surface area contributed by atoms with Crippen LogP contribution in [-0.2, 0) is 24.1 Å². The molecular formula is C10H20N4O. The first kappa shape index (κ1) is 12.1. The zero-order valence-electron chi connectivity index (χ0n) is 9.73. The lowest BCUT2D eigenvalue weighted by Crippen LogP contribution is -2.31. The fourth-order valence-corrected chi connectivity index (χ4v) is 1.47. The van der Waals surface area contributed by atoms with Crippen LogP contribution >= 0.6 is 0 Å². The van der Waals surface area contributed by atoms with Crippen molar-refractivity contribution in [3.05, 3.63) is 11.6 Å². The van der Waals surface area contributed by atoms with E-state index < -0.39 is 0 Å². The van der Waals surface area contributed by atoms with E-state index in [2.05, 4.69) is 17.0 Å². The summed E-state index contributed by atoms with van der Waals surface area (Å²) in [5, 5.41) is 4.39. The van der Waals surface area contributed by atoms with Crippen molar-refractivity contribution in [3.8, 4) is 0 Å². The summed E-state index contributed by atoms with van der Waals surface area (Å²) in [6.45, 7) is 5.34. The molecule has 0 saturated carbocycles. The number of nitrogens with two attached hydrogens (primary N) is 1. The molecule has 0 bridgehead atoms. The average Bonchev–Trinajstić information content (AvgIpc) is 2.60. The molecule has 5 nitrogen and oxygen atoms in total. The molecule has 1 atom stereocenters. The number of rotatable bonds is 6. The third-order valence-electron chi connectivity index (χ3n) is 2.21. The molecule has 1 aromatic heterocycles. The minimum absolute atomic E-state index is 0.0216. The van der Waals surface area contributed by atoms with Crippen molar-refractivity contribution in [2.24, 2.45) is 5.73 Å². The second-order valence-corrected chi connectivity index (χ2v) is 3.55. The summed E-state index contributed by atoms with van der Waals surface area (Å²) < 4.78 is 6.89. The number of aryl methyl sites for hydroxylation is 2. The van der Waals surface area contributed by atoms with E-state index in [-0.39, 0.29) is 6.04 Å². The Kier molecular flexibility index (Phi) is 4.71. The van der Waals surface area contributed by atoms with Crippen molar-refractivity contribution in [3.63, 3.8) is 0 Å². The van der Waals surface area contributed by atoms with Gasteiger partial charge in [-0.25, -0.2) is 9.67 Å². The monoisotopic (exact) mass is 212 g/mol. The van der Waals surface area contributed by atoms with Crippen LogP contribution in [0.2, 0.25) is 0 Å². The molecule has 2 N–H and O–H groups in total. The number of hydrogen-bond donors (Lipinski definition) is 1. The molecule has 0 aliphatic rings. The van der Waals surface area contributed by atoms with Crippen LogP contribution < -0.4 is 5.73 Å². The smallest absolute Gasteiger partial charge is 0.150 e. The number of aromatic nitrogens is 3. The van der Waals surface area contributed by atoms with Gasteiger partial charge < -0.3 is 10.5 Å². The standard InChI is InChI=1S/C10H20N4O/c1-4-9-12-10(5-2)14(13-9)6-8(11)7-15-3/h8H,4-7,11H2,1-3H3. The van der Waals surface area contributed by atoms with Crippen LogP contribution in [-0.4, -0.2) is 34.5 Å². The van der Waals surface area contributed by atoms with Gasteiger partial charge in [-0.2, -0.15) is 5.10 Å². The summed E-state index contributed by atoms with van der Waals surface area (Å²) in [5.74, 6) is 1.88. The molecule has 1 rings (SSSR count). The van der Waals surface area contributed by atoms with Gasteiger partial charge in [-0.3, -0.25) is 0 Å². The summed E-state index contributed by atoms with van der Waals surface area (Å²) in [6.07, 6.45) is 1.74. The Morgan fingerprint density at radius 3 is 2.67 bits per heavy atom. The van der Waals surface area contributed by atoms with Gasteiger partial charge in [0.15, 0.2) is 5.82 Å². The lowest BCUT2D eigenvalue weighted by molar-refractivity contribution is 0.171. The molecule has 1 unspecified atom stereocenters. The van der Waals surface area contributed by atoms with Crippen molar-refractivity contribution in [1.29, 1.82) is 0 Å². The van der Waals surface area contributed by atoms with E-state index in [1.165, 1.54) is 0 Å². The summed E-state index contributed by atoms with van der Waals surface area (Å²) in [7, 11) is 1.65. The molecule has 15 heavy (non-hydrogen) atoms. The number of hydrogen-bond acceptors (Lipinski definition) is 4. The minimum Gasteiger partial charge on any atom is -0.383 e. The SMILES string of the molecule is CCc1nc(CC)n(CC(N)COC)n1. The Balaban J connectivity index is 2.69. The van der Waals surface area contributed by atoms with E-state index in [1.807, 2.05) is 11.6 Å². The molecule has 5 heteroatoms. The van der Waals surface area contributed by atoms with Crippen LogP contribution in [0.15, 0.2) is 0 Å². The molecule has 0 amide bonds. The quantitative estimate of drug-likeness (QED) is 0.740. The zero-order valence-corrected chi connectivity index (χ0v) is 9.73. The highest BCUT2D eigenvalue weighted by atomic mass is 16.5. The van der Waals surface area contributed by atoms with Gasteiger partial charge >= 0.3 is 0 Å². The highest BCUT2D eigenvalue weighted by molar-refractivity contribution is 4.93. The van der Waals surface area contributed by atoms with Gasteiger partial charge in [0, 0.05) is 26.0 Å². The van der Waals surface area contributed by atoms with Crippen LogP contribution in [0.5, 0.6) is 0 Å². The maximum Gasteiger partial charge on any atom is 0.150 e. The predicted molar refractivity (Wildman–Crippen MR) is 58.6 cm³/mol. The molecule has 0 saturated heterocycles. The van der Waals surface area contributed by atoms with Crippen LogP contribution in [0.4, 0.5) is 0 Å². The van der Waals surface area contributed by atoms with Gasteiger partial charge in [0.2, 0.25) is 0 Å². The van der Waals surface area contributed by atoms with Gasteiger partial charge in [-0.15, -0.1) is 0 Å². The molecule has 1 aromatic rings. The minimum atomic E-state index is -0.0216. The molecule has 0 radical (unpaired) electrons. The first-order chi connectivity index (χ1) is 7.21. The highest BCUT2D eigenvalue weighted by Crippen LogP contribution is 2.01. The summed E-state index contributed by atoms with van der Waals surface area (Å²) in [4.78, 5) is 4.42. The van der Waals surface area contributed by atoms with Crippen molar-refractivity contribution in [1.82, 2.24) is 14.8 Å². The molecule has 1 heterocycles. The number of nitrogens with zero attached hydrogens (tertiary/aromatic N) is 3. The van der Waals surface area contributed by atoms with Crippen LogP contribution in [0.3, 0.4) is 0 Å². The van der Waals surface area contributed by atoms with Crippen LogP contribution in [0.25, 0.3) is 0 Å². The third-order valence-corrected chi connectivity index (χ3v) is 2.21. The zero-order chi connectivity index (χ0) is 11.3. The second-order valence-electron chi connectivity index (χ2n) is 3.55. The lowest BCUT2D eigenvalue weighted by atomic mass is 10.3. The van der Waals surface area contributed by atoms with Crippen molar-refractivity contribution < 1.29 is 4.74 Å². The predicted octanol–water partition coefficient (Wildman–Crippen LogP) is 0.377. The van der Waals surface area contributed by atoms with E-state index in [4.69, 9.17) is 10.5 Å². The van der Waals surface area contributed by atoms with E-state index in [0.717, 1.165) is 24.5 Å². The number of ether oxygens (including phenoxy) is 1. The average molecular weight is 212 g/mol. The Hall–Kier alpha value is -0.940. The van der Waals surface area contributed by atoms with Gasteiger partial charge in [0.1, 0.15) is 5.82 Å². The molecule has 0 aromatic carbocycles. The highest BCUT2D eigenvalue weighted by Gasteiger charge is 2.10. The molecule has 86 valence electrons. The molecule has 0 aliphatic carbocycles. The molecule has 0 fully saturated rings. The topological polar surface area (TPSA) is 66.0 Å². The Labute approximate surface area is 90.6 Å². The van der Waals surface area contributed by atoms with Crippen LogP contribution in [0.1, 0.15) is 25.5 Å². The Morgan fingerprint density at radius 1 is 1.40 bits per heavy atom. The molecule has 0 aliphatic heterocycles.